The lowest BCUT2D eigenvalue weighted by molar-refractivity contribution is 0.0988. The number of pyridine rings is 1. The van der Waals surface area contributed by atoms with Crippen molar-refractivity contribution in [3.8, 4) is 0 Å². The number of aryl methyl sites for hydroxylation is 3. The summed E-state index contributed by atoms with van der Waals surface area (Å²) in [5, 5.41) is 4.63. The van der Waals surface area contributed by atoms with Crippen LogP contribution in [0.25, 0.3) is 10.2 Å². The SMILES string of the molecule is Cc1cc(C)c2sc(N(Cc3ccccn3)C(=O)c3snnc3C)nc2c1. The number of nitrogens with zero attached hydrogens (tertiary/aromatic N) is 5. The van der Waals surface area contributed by atoms with Crippen LogP contribution in [0.2, 0.25) is 0 Å². The maximum atomic E-state index is 13.3. The van der Waals surface area contributed by atoms with E-state index in [1.807, 2.05) is 24.3 Å². The van der Waals surface area contributed by atoms with Crippen molar-refractivity contribution in [1.29, 1.82) is 0 Å². The maximum absolute atomic E-state index is 13.3. The lowest BCUT2D eigenvalue weighted by atomic mass is 10.1. The van der Waals surface area contributed by atoms with Gasteiger partial charge in [-0.15, -0.1) is 5.10 Å². The first-order valence-corrected chi connectivity index (χ1v) is 10.0. The molecule has 0 aliphatic carbocycles. The van der Waals surface area contributed by atoms with Gasteiger partial charge in [-0.2, -0.15) is 0 Å². The standard InChI is InChI=1S/C19H17N5OS2/c1-11-8-12(2)16-15(9-11)21-19(26-16)24(10-14-6-4-5-7-20-14)18(25)17-13(3)22-23-27-17/h4-9H,10H2,1-3H3. The molecule has 0 aliphatic rings. The molecule has 4 rings (SSSR count). The summed E-state index contributed by atoms with van der Waals surface area (Å²) in [6.45, 7) is 6.25. The molecule has 6 nitrogen and oxygen atoms in total. The van der Waals surface area contributed by atoms with Gasteiger partial charge in [0.1, 0.15) is 4.88 Å². The van der Waals surface area contributed by atoms with E-state index in [4.69, 9.17) is 4.98 Å². The third-order valence-corrected chi connectivity index (χ3v) is 6.22. The number of carbonyl (C=O) groups is 1. The first-order valence-electron chi connectivity index (χ1n) is 8.41. The van der Waals surface area contributed by atoms with Crippen LogP contribution in [-0.2, 0) is 6.54 Å². The zero-order valence-corrected chi connectivity index (χ0v) is 16.8. The largest absolute Gasteiger partial charge is 0.277 e. The summed E-state index contributed by atoms with van der Waals surface area (Å²) >= 11 is 2.63. The monoisotopic (exact) mass is 395 g/mol. The van der Waals surface area contributed by atoms with Crippen molar-refractivity contribution in [2.45, 2.75) is 27.3 Å². The van der Waals surface area contributed by atoms with Crippen LogP contribution in [-0.4, -0.2) is 25.5 Å². The molecule has 1 aromatic carbocycles. The fourth-order valence-corrected chi connectivity index (χ4v) is 4.53. The number of aromatic nitrogens is 4. The number of rotatable bonds is 4. The third kappa shape index (κ3) is 3.45. The summed E-state index contributed by atoms with van der Waals surface area (Å²) in [7, 11) is 0. The molecule has 0 atom stereocenters. The highest BCUT2D eigenvalue weighted by atomic mass is 32.1. The Morgan fingerprint density at radius 1 is 1.19 bits per heavy atom. The van der Waals surface area contributed by atoms with E-state index in [1.54, 1.807) is 18.0 Å². The van der Waals surface area contributed by atoms with E-state index in [2.05, 4.69) is 34.5 Å². The second-order valence-corrected chi connectivity index (χ2v) is 8.06. The molecule has 0 spiro atoms. The molecule has 0 saturated carbocycles. The van der Waals surface area contributed by atoms with Gasteiger partial charge in [0, 0.05) is 6.20 Å². The van der Waals surface area contributed by atoms with Crippen LogP contribution in [0.15, 0.2) is 36.5 Å². The van der Waals surface area contributed by atoms with Gasteiger partial charge in [-0.05, 0) is 61.6 Å². The van der Waals surface area contributed by atoms with Crippen molar-refractivity contribution in [2.75, 3.05) is 4.90 Å². The van der Waals surface area contributed by atoms with Crippen molar-refractivity contribution in [3.05, 3.63) is 63.9 Å². The van der Waals surface area contributed by atoms with Crippen LogP contribution in [0, 0.1) is 20.8 Å². The Bertz CT molecular complexity index is 1120. The fourth-order valence-electron chi connectivity index (χ4n) is 2.91. The lowest BCUT2D eigenvalue weighted by Crippen LogP contribution is -2.30. The summed E-state index contributed by atoms with van der Waals surface area (Å²) in [5.74, 6) is -0.151. The summed E-state index contributed by atoms with van der Waals surface area (Å²) in [5.41, 5.74) is 4.65. The summed E-state index contributed by atoms with van der Waals surface area (Å²) < 4.78 is 5.00. The van der Waals surface area contributed by atoms with Crippen LogP contribution < -0.4 is 4.90 Å². The first kappa shape index (κ1) is 17.7. The molecular weight excluding hydrogens is 378 g/mol. The molecule has 3 heterocycles. The molecule has 0 N–H and O–H groups in total. The minimum Gasteiger partial charge on any atom is -0.277 e. The van der Waals surface area contributed by atoms with Gasteiger partial charge >= 0.3 is 0 Å². The Morgan fingerprint density at radius 2 is 2.04 bits per heavy atom. The van der Waals surface area contributed by atoms with Crippen LogP contribution in [0.3, 0.4) is 0 Å². The molecule has 4 aromatic rings. The number of anilines is 1. The van der Waals surface area contributed by atoms with Gasteiger partial charge in [0.2, 0.25) is 0 Å². The maximum Gasteiger partial charge on any atom is 0.274 e. The Balaban J connectivity index is 1.81. The number of fused-ring (bicyclic) bond motifs is 1. The van der Waals surface area contributed by atoms with Crippen molar-refractivity contribution in [3.63, 3.8) is 0 Å². The number of hydrogen-bond acceptors (Lipinski definition) is 7. The highest BCUT2D eigenvalue weighted by molar-refractivity contribution is 7.22. The second-order valence-electron chi connectivity index (χ2n) is 6.33. The number of hydrogen-bond donors (Lipinski definition) is 0. The van der Waals surface area contributed by atoms with Gasteiger partial charge in [0.05, 0.1) is 28.1 Å². The van der Waals surface area contributed by atoms with E-state index in [-0.39, 0.29) is 5.91 Å². The van der Waals surface area contributed by atoms with Gasteiger partial charge in [0.25, 0.3) is 5.91 Å². The molecule has 27 heavy (non-hydrogen) atoms. The van der Waals surface area contributed by atoms with E-state index in [0.717, 1.165) is 38.6 Å². The normalized spacial score (nSPS) is 11.1. The van der Waals surface area contributed by atoms with E-state index < -0.39 is 0 Å². The quantitative estimate of drug-likeness (QED) is 0.515. The summed E-state index contributed by atoms with van der Waals surface area (Å²) in [4.78, 5) is 24.6. The molecule has 0 unspecified atom stereocenters. The second kappa shape index (κ2) is 7.13. The molecular formula is C19H17N5OS2. The number of carbonyl (C=O) groups excluding carboxylic acids is 1. The van der Waals surface area contributed by atoms with Crippen LogP contribution >= 0.6 is 22.9 Å². The highest BCUT2D eigenvalue weighted by Crippen LogP contribution is 2.33. The zero-order chi connectivity index (χ0) is 19.0. The molecule has 0 radical (unpaired) electrons. The fraction of sp³-hybridized carbons (Fsp3) is 0.211. The van der Waals surface area contributed by atoms with Gasteiger partial charge in [0.15, 0.2) is 5.13 Å². The minimum atomic E-state index is -0.151. The Hall–Kier alpha value is -2.71. The smallest absolute Gasteiger partial charge is 0.274 e. The van der Waals surface area contributed by atoms with Crippen LogP contribution in [0.4, 0.5) is 5.13 Å². The molecule has 8 heteroatoms. The first-order chi connectivity index (χ1) is 13.0. The molecule has 1 amide bonds. The Kier molecular flexibility index (Phi) is 4.67. The number of thiazole rings is 1. The molecule has 0 saturated heterocycles. The van der Waals surface area contributed by atoms with Gasteiger partial charge < -0.3 is 0 Å². The van der Waals surface area contributed by atoms with E-state index in [9.17, 15) is 4.79 Å². The van der Waals surface area contributed by atoms with Gasteiger partial charge in [-0.3, -0.25) is 14.7 Å². The van der Waals surface area contributed by atoms with Crippen LogP contribution in [0.1, 0.15) is 32.2 Å². The van der Waals surface area contributed by atoms with Crippen molar-refractivity contribution < 1.29 is 4.79 Å². The predicted octanol–water partition coefficient (Wildman–Crippen LogP) is 4.32. The zero-order valence-electron chi connectivity index (χ0n) is 15.1. The molecule has 0 aliphatic heterocycles. The summed E-state index contributed by atoms with van der Waals surface area (Å²) in [6, 6.07) is 9.85. The van der Waals surface area contributed by atoms with Crippen molar-refractivity contribution >= 4 is 44.1 Å². The van der Waals surface area contributed by atoms with Gasteiger partial charge in [-0.25, -0.2) is 4.98 Å². The number of benzene rings is 1. The molecule has 0 fully saturated rings. The van der Waals surface area contributed by atoms with E-state index >= 15 is 0 Å². The van der Waals surface area contributed by atoms with Gasteiger partial charge in [-0.1, -0.05) is 28.0 Å². The predicted molar refractivity (Wildman–Crippen MR) is 108 cm³/mol. The van der Waals surface area contributed by atoms with Crippen molar-refractivity contribution in [1.82, 2.24) is 19.6 Å². The van der Waals surface area contributed by atoms with E-state index in [1.165, 1.54) is 11.3 Å². The lowest BCUT2D eigenvalue weighted by Gasteiger charge is -2.18. The third-order valence-electron chi connectivity index (χ3n) is 4.18. The average Bonchev–Trinajstić information content (AvgIpc) is 3.26. The molecule has 136 valence electrons. The highest BCUT2D eigenvalue weighted by Gasteiger charge is 2.25. The van der Waals surface area contributed by atoms with Crippen molar-refractivity contribution in [2.24, 2.45) is 0 Å². The Labute approximate surface area is 164 Å². The minimum absolute atomic E-state index is 0.151. The van der Waals surface area contributed by atoms with Crippen LogP contribution in [0.5, 0.6) is 0 Å². The van der Waals surface area contributed by atoms with E-state index in [0.29, 0.717) is 22.2 Å². The average molecular weight is 396 g/mol. The number of amides is 1. The molecule has 3 aromatic heterocycles. The summed E-state index contributed by atoms with van der Waals surface area (Å²) in [6.07, 6.45) is 1.73. The Morgan fingerprint density at radius 3 is 2.74 bits per heavy atom. The molecule has 0 bridgehead atoms. The topological polar surface area (TPSA) is 71.9 Å².